The predicted octanol–water partition coefficient (Wildman–Crippen LogP) is -5.38. The largest absolute Gasteiger partial charge is 1.00 e. The number of hydrogen-bond acceptors (Lipinski definition) is 1. The Hall–Kier alpha value is 2.60. The SMILES string of the molecule is CCCO.[H-].[H-].[K+].[Na+]. The van der Waals surface area contributed by atoms with Crippen molar-refractivity contribution in [3.63, 3.8) is 0 Å². The molecule has 6 heavy (non-hydrogen) atoms. The molecular formula is C3H10KNaO. The molecule has 0 aromatic carbocycles. The van der Waals surface area contributed by atoms with Crippen LogP contribution in [-0.2, 0) is 0 Å². The van der Waals surface area contributed by atoms with Gasteiger partial charge in [0.15, 0.2) is 0 Å². The molecule has 1 nitrogen and oxygen atoms in total. The Bertz CT molecular complexity index is 19.2. The van der Waals surface area contributed by atoms with E-state index in [0.717, 1.165) is 6.42 Å². The molecule has 0 unspecified atom stereocenters. The summed E-state index contributed by atoms with van der Waals surface area (Å²) in [6, 6.07) is 0. The second kappa shape index (κ2) is 15.6. The fourth-order valence-electron chi connectivity index (χ4n) is 0. The van der Waals surface area contributed by atoms with Crippen molar-refractivity contribution in [3.05, 3.63) is 0 Å². The Morgan fingerprint density at radius 2 is 1.83 bits per heavy atom. The monoisotopic (exact) mass is 124 g/mol. The van der Waals surface area contributed by atoms with E-state index in [1.165, 1.54) is 0 Å². The Balaban J connectivity index is -0.00000000750. The van der Waals surface area contributed by atoms with Crippen LogP contribution in [-0.4, -0.2) is 11.7 Å². The zero-order chi connectivity index (χ0) is 3.41. The van der Waals surface area contributed by atoms with Crippen LogP contribution < -0.4 is 80.9 Å². The van der Waals surface area contributed by atoms with Crippen LogP contribution in [0.2, 0.25) is 0 Å². The van der Waals surface area contributed by atoms with E-state index >= 15 is 0 Å². The van der Waals surface area contributed by atoms with Gasteiger partial charge in [0.25, 0.3) is 0 Å². The van der Waals surface area contributed by atoms with Crippen LogP contribution in [0.25, 0.3) is 0 Å². The van der Waals surface area contributed by atoms with E-state index in [4.69, 9.17) is 5.11 Å². The first-order valence-electron chi connectivity index (χ1n) is 1.52. The fourth-order valence-corrected chi connectivity index (χ4v) is 0. The van der Waals surface area contributed by atoms with Gasteiger partial charge in [0, 0.05) is 6.61 Å². The molecule has 0 aliphatic heterocycles. The number of hydrogen-bond donors (Lipinski definition) is 1. The molecule has 0 saturated heterocycles. The topological polar surface area (TPSA) is 20.2 Å². The predicted molar refractivity (Wildman–Crippen MR) is 19.6 cm³/mol. The molecule has 0 aromatic heterocycles. The van der Waals surface area contributed by atoms with Crippen LogP contribution in [0.4, 0.5) is 0 Å². The first-order chi connectivity index (χ1) is 1.91. The van der Waals surface area contributed by atoms with E-state index in [2.05, 4.69) is 0 Å². The van der Waals surface area contributed by atoms with E-state index in [0.29, 0.717) is 6.61 Å². The Morgan fingerprint density at radius 1 is 1.67 bits per heavy atom. The van der Waals surface area contributed by atoms with E-state index in [-0.39, 0.29) is 83.8 Å². The summed E-state index contributed by atoms with van der Waals surface area (Å²) in [5.41, 5.74) is 0. The molecule has 0 aliphatic carbocycles. The summed E-state index contributed by atoms with van der Waals surface area (Å²) in [6.07, 6.45) is 0.875. The summed E-state index contributed by atoms with van der Waals surface area (Å²) in [7, 11) is 0. The van der Waals surface area contributed by atoms with Crippen molar-refractivity contribution in [1.29, 1.82) is 0 Å². The van der Waals surface area contributed by atoms with Gasteiger partial charge in [-0.15, -0.1) is 0 Å². The molecule has 0 rings (SSSR count). The second-order valence-corrected chi connectivity index (χ2v) is 0.724. The van der Waals surface area contributed by atoms with E-state index in [9.17, 15) is 0 Å². The van der Waals surface area contributed by atoms with Crippen molar-refractivity contribution in [3.8, 4) is 0 Å². The third kappa shape index (κ3) is 16.0. The van der Waals surface area contributed by atoms with Gasteiger partial charge in [-0.25, -0.2) is 0 Å². The van der Waals surface area contributed by atoms with Gasteiger partial charge in [0.05, 0.1) is 0 Å². The van der Waals surface area contributed by atoms with Crippen molar-refractivity contribution in [2.45, 2.75) is 13.3 Å². The van der Waals surface area contributed by atoms with Crippen LogP contribution in [0.1, 0.15) is 16.2 Å². The molecule has 0 bridgehead atoms. The standard InChI is InChI=1S/C3H8O.K.Na.2H/c1-2-3-4;;;;/h4H,2-3H2,1H3;;;;/q;2*+1;2*-1. The maximum atomic E-state index is 7.88. The molecule has 0 amide bonds. The Labute approximate surface area is 107 Å². The number of aliphatic hydroxyl groups is 1. The molecule has 0 heterocycles. The molecule has 0 aliphatic rings. The number of rotatable bonds is 1. The van der Waals surface area contributed by atoms with Crippen LogP contribution in [0, 0.1) is 0 Å². The van der Waals surface area contributed by atoms with Crippen molar-refractivity contribution in [2.75, 3.05) is 6.61 Å². The van der Waals surface area contributed by atoms with Gasteiger partial charge in [0.1, 0.15) is 0 Å². The molecule has 0 spiro atoms. The van der Waals surface area contributed by atoms with E-state index in [1.54, 1.807) is 0 Å². The minimum atomic E-state index is 0. The third-order valence-corrected chi connectivity index (χ3v) is 0.224. The second-order valence-electron chi connectivity index (χ2n) is 0.724. The zero-order valence-corrected chi connectivity index (χ0v) is 9.98. The summed E-state index contributed by atoms with van der Waals surface area (Å²) in [4.78, 5) is 0. The van der Waals surface area contributed by atoms with Crippen LogP contribution in [0.5, 0.6) is 0 Å². The van der Waals surface area contributed by atoms with Crippen molar-refractivity contribution >= 4 is 0 Å². The first kappa shape index (κ1) is 15.8. The maximum absolute atomic E-state index is 7.88. The van der Waals surface area contributed by atoms with E-state index in [1.807, 2.05) is 6.92 Å². The summed E-state index contributed by atoms with van der Waals surface area (Å²) < 4.78 is 0. The van der Waals surface area contributed by atoms with Crippen molar-refractivity contribution < 1.29 is 88.9 Å². The van der Waals surface area contributed by atoms with E-state index < -0.39 is 0 Å². The minimum absolute atomic E-state index is 0. The molecule has 0 saturated carbocycles. The summed E-state index contributed by atoms with van der Waals surface area (Å²) in [5.74, 6) is 0. The van der Waals surface area contributed by atoms with Gasteiger partial charge in [-0.3, -0.25) is 0 Å². The average Bonchev–Trinajstić information content (AvgIpc) is 1.37. The molecule has 0 aromatic rings. The molecule has 3 heteroatoms. The van der Waals surface area contributed by atoms with Crippen molar-refractivity contribution in [1.82, 2.24) is 0 Å². The maximum Gasteiger partial charge on any atom is 1.00 e. The van der Waals surface area contributed by atoms with Gasteiger partial charge in [-0.05, 0) is 6.42 Å². The van der Waals surface area contributed by atoms with Gasteiger partial charge in [0.2, 0.25) is 0 Å². The van der Waals surface area contributed by atoms with Crippen LogP contribution >= 0.6 is 0 Å². The molecular weight excluding hydrogens is 114 g/mol. The van der Waals surface area contributed by atoms with Crippen LogP contribution in [0.3, 0.4) is 0 Å². The summed E-state index contributed by atoms with van der Waals surface area (Å²) in [5, 5.41) is 7.88. The van der Waals surface area contributed by atoms with Crippen molar-refractivity contribution in [2.24, 2.45) is 0 Å². The molecule has 0 atom stereocenters. The fraction of sp³-hybridized carbons (Fsp3) is 1.00. The zero-order valence-electron chi connectivity index (χ0n) is 6.86. The van der Waals surface area contributed by atoms with Gasteiger partial charge in [-0.1, -0.05) is 6.92 Å². The smallest absolute Gasteiger partial charge is 1.00 e. The molecule has 0 radical (unpaired) electrons. The van der Waals surface area contributed by atoms with Crippen LogP contribution in [0.15, 0.2) is 0 Å². The van der Waals surface area contributed by atoms with Gasteiger partial charge < -0.3 is 7.96 Å². The Kier molecular flexibility index (Phi) is 41.3. The third-order valence-electron chi connectivity index (χ3n) is 0.224. The quantitative estimate of drug-likeness (QED) is 0.346. The summed E-state index contributed by atoms with van der Waals surface area (Å²) >= 11 is 0. The molecule has 1 N–H and O–H groups in total. The van der Waals surface area contributed by atoms with Gasteiger partial charge >= 0.3 is 80.9 Å². The first-order valence-corrected chi connectivity index (χ1v) is 1.52. The summed E-state index contributed by atoms with van der Waals surface area (Å²) in [6.45, 7) is 2.25. The number of aliphatic hydroxyl groups excluding tert-OH is 1. The molecule has 30 valence electrons. The average molecular weight is 124 g/mol. The Morgan fingerprint density at radius 3 is 1.83 bits per heavy atom. The normalized spacial score (nSPS) is 5.00. The minimum Gasteiger partial charge on any atom is -1.00 e. The van der Waals surface area contributed by atoms with Gasteiger partial charge in [-0.2, -0.15) is 0 Å². The molecule has 0 fully saturated rings.